The lowest BCUT2D eigenvalue weighted by Crippen LogP contribution is -2.14. The van der Waals surface area contributed by atoms with E-state index in [1.54, 1.807) is 13.8 Å². The fourth-order valence-electron chi connectivity index (χ4n) is 1.99. The maximum atomic E-state index is 12.5. The third-order valence-corrected chi connectivity index (χ3v) is 5.27. The van der Waals surface area contributed by atoms with Crippen molar-refractivity contribution in [3.8, 4) is 11.5 Å². The highest BCUT2D eigenvalue weighted by atomic mass is 35.5. The molecule has 0 bridgehead atoms. The number of aryl methyl sites for hydroxylation is 1. The normalized spacial score (nSPS) is 11.2. The van der Waals surface area contributed by atoms with Crippen molar-refractivity contribution >= 4 is 27.3 Å². The van der Waals surface area contributed by atoms with E-state index in [-0.39, 0.29) is 4.90 Å². The molecule has 1 aromatic carbocycles. The Kier molecular flexibility index (Phi) is 5.01. The second kappa shape index (κ2) is 6.64. The molecular weight excluding hydrogens is 340 g/mol. The van der Waals surface area contributed by atoms with E-state index >= 15 is 0 Å². The first-order chi connectivity index (χ1) is 10.8. The van der Waals surface area contributed by atoms with E-state index in [1.807, 2.05) is 0 Å². The van der Waals surface area contributed by atoms with Crippen LogP contribution < -0.4 is 14.2 Å². The zero-order valence-electron chi connectivity index (χ0n) is 13.2. The lowest BCUT2D eigenvalue weighted by molar-refractivity contribution is 0.354. The topological polar surface area (TPSA) is 77.5 Å². The van der Waals surface area contributed by atoms with Gasteiger partial charge in [0.05, 0.1) is 41.7 Å². The third kappa shape index (κ3) is 3.51. The Morgan fingerprint density at radius 2 is 1.78 bits per heavy atom. The Labute approximate surface area is 140 Å². The highest BCUT2D eigenvalue weighted by Gasteiger charge is 2.19. The van der Waals surface area contributed by atoms with Crippen LogP contribution in [0.3, 0.4) is 0 Å². The first kappa shape index (κ1) is 17.4. The molecule has 2 rings (SSSR count). The number of nitrogens with one attached hydrogen (secondary N) is 1. The molecule has 23 heavy (non-hydrogen) atoms. The highest BCUT2D eigenvalue weighted by Crippen LogP contribution is 2.31. The molecule has 0 spiro atoms. The van der Waals surface area contributed by atoms with Crippen LogP contribution in [0.15, 0.2) is 29.3 Å². The number of hydrogen-bond acceptors (Lipinski definition) is 5. The van der Waals surface area contributed by atoms with Crippen LogP contribution in [0.2, 0.25) is 5.02 Å². The van der Waals surface area contributed by atoms with Gasteiger partial charge in [-0.25, -0.2) is 8.42 Å². The van der Waals surface area contributed by atoms with Crippen molar-refractivity contribution in [2.45, 2.75) is 18.7 Å². The van der Waals surface area contributed by atoms with Crippen molar-refractivity contribution in [2.75, 3.05) is 18.9 Å². The summed E-state index contributed by atoms with van der Waals surface area (Å²) in [4.78, 5) is 4.12. The Bertz CT molecular complexity index is 838. The van der Waals surface area contributed by atoms with Crippen molar-refractivity contribution < 1.29 is 17.9 Å². The van der Waals surface area contributed by atoms with E-state index in [2.05, 4.69) is 9.71 Å². The van der Waals surface area contributed by atoms with Crippen molar-refractivity contribution in [3.63, 3.8) is 0 Å². The standard InChI is InChI=1S/C15H17ClN2O4S/c1-9-12(8-17-10(2)15(9)16)18-23(19,20)11-5-6-13(21-3)14(7-11)22-4/h5-8,18H,1-4H3. The van der Waals surface area contributed by atoms with Crippen molar-refractivity contribution in [1.29, 1.82) is 0 Å². The molecule has 124 valence electrons. The van der Waals surface area contributed by atoms with Crippen LogP contribution in [0, 0.1) is 13.8 Å². The molecule has 0 radical (unpaired) electrons. The summed E-state index contributed by atoms with van der Waals surface area (Å²) in [5, 5.41) is 0.428. The lowest BCUT2D eigenvalue weighted by Gasteiger charge is -2.14. The van der Waals surface area contributed by atoms with Crippen LogP contribution in [0.4, 0.5) is 5.69 Å². The number of anilines is 1. The largest absolute Gasteiger partial charge is 0.493 e. The van der Waals surface area contributed by atoms with Gasteiger partial charge in [0.1, 0.15) is 0 Å². The van der Waals surface area contributed by atoms with E-state index < -0.39 is 10.0 Å². The number of nitrogens with zero attached hydrogens (tertiary/aromatic N) is 1. The molecule has 8 heteroatoms. The summed E-state index contributed by atoms with van der Waals surface area (Å²) in [7, 11) is -0.887. The van der Waals surface area contributed by atoms with Gasteiger partial charge in [-0.05, 0) is 31.5 Å². The van der Waals surface area contributed by atoms with Crippen molar-refractivity contribution in [3.05, 3.63) is 40.7 Å². The van der Waals surface area contributed by atoms with Gasteiger partial charge in [0, 0.05) is 6.07 Å². The maximum absolute atomic E-state index is 12.5. The Morgan fingerprint density at radius 1 is 1.13 bits per heavy atom. The maximum Gasteiger partial charge on any atom is 0.262 e. The Morgan fingerprint density at radius 3 is 2.39 bits per heavy atom. The van der Waals surface area contributed by atoms with Gasteiger partial charge >= 0.3 is 0 Å². The fourth-order valence-corrected chi connectivity index (χ4v) is 3.27. The minimum Gasteiger partial charge on any atom is -0.493 e. The van der Waals surface area contributed by atoms with Gasteiger partial charge in [-0.3, -0.25) is 9.71 Å². The molecule has 0 fully saturated rings. The summed E-state index contributed by atoms with van der Waals surface area (Å²) < 4.78 is 37.8. The van der Waals surface area contributed by atoms with Crippen molar-refractivity contribution in [2.24, 2.45) is 0 Å². The molecule has 0 aliphatic carbocycles. The van der Waals surface area contributed by atoms with Gasteiger partial charge in [-0.2, -0.15) is 0 Å². The molecule has 0 amide bonds. The predicted molar refractivity (Wildman–Crippen MR) is 89.1 cm³/mol. The van der Waals surface area contributed by atoms with Gasteiger partial charge < -0.3 is 9.47 Å². The molecule has 2 aromatic rings. The van der Waals surface area contributed by atoms with Crippen LogP contribution in [0.25, 0.3) is 0 Å². The average molecular weight is 357 g/mol. The zero-order chi connectivity index (χ0) is 17.2. The summed E-state index contributed by atoms with van der Waals surface area (Å²) in [6, 6.07) is 4.35. The number of rotatable bonds is 5. The summed E-state index contributed by atoms with van der Waals surface area (Å²) >= 11 is 6.11. The molecule has 0 aliphatic rings. The quantitative estimate of drug-likeness (QED) is 0.890. The Balaban J connectivity index is 2.42. The number of ether oxygens (including phenoxy) is 2. The van der Waals surface area contributed by atoms with Gasteiger partial charge in [0.2, 0.25) is 0 Å². The average Bonchev–Trinajstić information content (AvgIpc) is 2.54. The molecule has 0 saturated heterocycles. The number of pyridine rings is 1. The van der Waals surface area contributed by atoms with Crippen molar-refractivity contribution in [1.82, 2.24) is 4.98 Å². The summed E-state index contributed by atoms with van der Waals surface area (Å²) in [5.41, 5.74) is 1.58. The molecule has 0 unspecified atom stereocenters. The number of methoxy groups -OCH3 is 2. The molecule has 1 heterocycles. The predicted octanol–water partition coefficient (Wildman–Crippen LogP) is 3.17. The highest BCUT2D eigenvalue weighted by molar-refractivity contribution is 7.92. The van der Waals surface area contributed by atoms with E-state index in [0.29, 0.717) is 33.5 Å². The minimum absolute atomic E-state index is 0.0475. The van der Waals surface area contributed by atoms with E-state index in [9.17, 15) is 8.42 Å². The molecule has 0 atom stereocenters. The number of hydrogen-bond donors (Lipinski definition) is 1. The van der Waals surface area contributed by atoms with Crippen LogP contribution >= 0.6 is 11.6 Å². The minimum atomic E-state index is -3.81. The molecular formula is C15H17ClN2O4S. The number of benzene rings is 1. The molecule has 0 saturated carbocycles. The molecule has 1 N–H and O–H groups in total. The number of aromatic nitrogens is 1. The van der Waals surface area contributed by atoms with Crippen LogP contribution in [-0.2, 0) is 10.0 Å². The second-order valence-electron chi connectivity index (χ2n) is 4.82. The molecule has 1 aromatic heterocycles. The zero-order valence-corrected chi connectivity index (χ0v) is 14.7. The summed E-state index contributed by atoms with van der Waals surface area (Å²) in [6.45, 7) is 3.48. The third-order valence-electron chi connectivity index (χ3n) is 3.35. The van der Waals surface area contributed by atoms with Gasteiger partial charge in [-0.1, -0.05) is 11.6 Å². The first-order valence-electron chi connectivity index (χ1n) is 6.66. The van der Waals surface area contributed by atoms with E-state index in [4.69, 9.17) is 21.1 Å². The second-order valence-corrected chi connectivity index (χ2v) is 6.88. The monoisotopic (exact) mass is 356 g/mol. The smallest absolute Gasteiger partial charge is 0.262 e. The fraction of sp³-hybridized carbons (Fsp3) is 0.267. The summed E-state index contributed by atoms with van der Waals surface area (Å²) in [6.07, 6.45) is 1.44. The molecule has 6 nitrogen and oxygen atoms in total. The van der Waals surface area contributed by atoms with Gasteiger partial charge in [0.25, 0.3) is 10.0 Å². The van der Waals surface area contributed by atoms with Crippen LogP contribution in [0.1, 0.15) is 11.3 Å². The lowest BCUT2D eigenvalue weighted by atomic mass is 10.2. The van der Waals surface area contributed by atoms with E-state index in [1.165, 1.54) is 38.6 Å². The van der Waals surface area contributed by atoms with Crippen LogP contribution in [0.5, 0.6) is 11.5 Å². The van der Waals surface area contributed by atoms with Crippen LogP contribution in [-0.4, -0.2) is 27.6 Å². The van der Waals surface area contributed by atoms with Gasteiger partial charge in [-0.15, -0.1) is 0 Å². The number of halogens is 1. The van der Waals surface area contributed by atoms with E-state index in [0.717, 1.165) is 0 Å². The number of sulfonamides is 1. The Hall–Kier alpha value is -1.99. The SMILES string of the molecule is COc1ccc(S(=O)(=O)Nc2cnc(C)c(Cl)c2C)cc1OC. The van der Waals surface area contributed by atoms with Gasteiger partial charge in [0.15, 0.2) is 11.5 Å². The summed E-state index contributed by atoms with van der Waals surface area (Å²) in [5.74, 6) is 0.773. The first-order valence-corrected chi connectivity index (χ1v) is 8.52. The molecule has 0 aliphatic heterocycles.